The maximum Gasteiger partial charge on any atom is 0.358 e. The minimum Gasteiger partial charge on any atom is -0.496 e. The van der Waals surface area contributed by atoms with Gasteiger partial charge in [0.2, 0.25) is 17.7 Å². The minimum absolute atomic E-state index is 0.0488. The largest absolute Gasteiger partial charge is 0.496 e. The summed E-state index contributed by atoms with van der Waals surface area (Å²) in [4.78, 5) is 74.5. The van der Waals surface area contributed by atoms with Crippen molar-refractivity contribution in [2.45, 2.75) is 51.1 Å². The summed E-state index contributed by atoms with van der Waals surface area (Å²) in [6.45, 7) is 1.47. The Morgan fingerprint density at radius 3 is 2.63 bits per heavy atom. The molecule has 1 aromatic rings. The number of hydrazine groups is 2. The first-order chi connectivity index (χ1) is 16.7. The summed E-state index contributed by atoms with van der Waals surface area (Å²) < 4.78 is 5.26. The Kier molecular flexibility index (Phi) is 8.39. The molecule has 2 fully saturated rings. The molecular formula is C23H29N5O7. The number of methoxy groups -OCH3 is 1. The molecular weight excluding hydrogens is 458 g/mol. The monoisotopic (exact) mass is 487 g/mol. The number of hydrogen-bond donors (Lipinski definition) is 2. The zero-order valence-electron chi connectivity index (χ0n) is 19.7. The predicted molar refractivity (Wildman–Crippen MR) is 121 cm³/mol. The highest BCUT2D eigenvalue weighted by atomic mass is 16.5. The zero-order chi connectivity index (χ0) is 25.5. The lowest BCUT2D eigenvalue weighted by Gasteiger charge is -2.43. The first-order valence-corrected chi connectivity index (χ1v) is 11.3. The van der Waals surface area contributed by atoms with Gasteiger partial charge < -0.3 is 14.8 Å². The summed E-state index contributed by atoms with van der Waals surface area (Å²) in [5.41, 5.74) is 3.15. The molecule has 2 atom stereocenters. The van der Waals surface area contributed by atoms with Crippen LogP contribution in [0.2, 0.25) is 0 Å². The van der Waals surface area contributed by atoms with Crippen molar-refractivity contribution >= 4 is 35.8 Å². The molecule has 12 nitrogen and oxygen atoms in total. The van der Waals surface area contributed by atoms with Crippen LogP contribution in [0.1, 0.15) is 38.2 Å². The Hall–Kier alpha value is -3.96. The fourth-order valence-corrected chi connectivity index (χ4v) is 4.15. The first-order valence-electron chi connectivity index (χ1n) is 11.3. The summed E-state index contributed by atoms with van der Waals surface area (Å²) in [5.74, 6) is -1.28. The van der Waals surface area contributed by atoms with E-state index in [4.69, 9.17) is 4.74 Å². The fraction of sp³-hybridized carbons (Fsp3) is 0.478. The molecule has 5 amide bonds. The number of Topliss-reactive ketones (excluding diaryl/α,β-unsaturated/α-hetero) is 1. The fourth-order valence-electron chi connectivity index (χ4n) is 4.15. The topological polar surface area (TPSA) is 145 Å². The average Bonchev–Trinajstić information content (AvgIpc) is 2.95. The zero-order valence-corrected chi connectivity index (χ0v) is 19.7. The molecule has 0 radical (unpaired) electrons. The normalized spacial score (nSPS) is 18.8. The maximum absolute atomic E-state index is 13.4. The quantitative estimate of drug-likeness (QED) is 0.465. The van der Waals surface area contributed by atoms with Gasteiger partial charge in [0.15, 0.2) is 0 Å². The summed E-state index contributed by atoms with van der Waals surface area (Å²) in [5, 5.41) is 5.75. The van der Waals surface area contributed by atoms with E-state index in [-0.39, 0.29) is 50.5 Å². The molecule has 0 aromatic heterocycles. The van der Waals surface area contributed by atoms with E-state index in [1.54, 1.807) is 24.3 Å². The highest BCUT2D eigenvalue weighted by Crippen LogP contribution is 2.24. The Morgan fingerprint density at radius 2 is 1.94 bits per heavy atom. The average molecular weight is 488 g/mol. The van der Waals surface area contributed by atoms with Crippen LogP contribution in [0.25, 0.3) is 0 Å². The van der Waals surface area contributed by atoms with Gasteiger partial charge in [0, 0.05) is 24.9 Å². The molecule has 2 aliphatic heterocycles. The van der Waals surface area contributed by atoms with Crippen LogP contribution >= 0.6 is 0 Å². The van der Waals surface area contributed by atoms with Gasteiger partial charge in [-0.05, 0) is 25.8 Å². The van der Waals surface area contributed by atoms with Crippen molar-refractivity contribution < 1.29 is 33.5 Å². The summed E-state index contributed by atoms with van der Waals surface area (Å²) in [7, 11) is 1.49. The number of rotatable bonds is 9. The number of fused-ring (bicyclic) bond motifs is 1. The van der Waals surface area contributed by atoms with Crippen LogP contribution < -0.4 is 15.5 Å². The molecule has 0 aliphatic carbocycles. The smallest absolute Gasteiger partial charge is 0.358 e. The van der Waals surface area contributed by atoms with Gasteiger partial charge in [-0.1, -0.05) is 18.2 Å². The number of amides is 5. The van der Waals surface area contributed by atoms with Crippen molar-refractivity contribution in [3.63, 3.8) is 0 Å². The molecule has 0 unspecified atom stereocenters. The van der Waals surface area contributed by atoms with E-state index in [1.807, 2.05) is 0 Å². The number of nitrogens with one attached hydrogen (secondary N) is 2. The first kappa shape index (κ1) is 25.7. The number of ether oxygens (including phenoxy) is 1. The third kappa shape index (κ3) is 6.14. The summed E-state index contributed by atoms with van der Waals surface area (Å²) in [6.07, 6.45) is 0.875. The van der Waals surface area contributed by atoms with Crippen molar-refractivity contribution in [1.29, 1.82) is 0 Å². The van der Waals surface area contributed by atoms with Gasteiger partial charge in [-0.15, -0.1) is 0 Å². The van der Waals surface area contributed by atoms with E-state index < -0.39 is 29.9 Å². The van der Waals surface area contributed by atoms with Gasteiger partial charge in [0.05, 0.1) is 26.1 Å². The van der Waals surface area contributed by atoms with Crippen LogP contribution in [0.5, 0.6) is 5.75 Å². The molecule has 2 N–H and O–H groups in total. The molecule has 35 heavy (non-hydrogen) atoms. The van der Waals surface area contributed by atoms with Crippen LogP contribution in [-0.4, -0.2) is 83.1 Å². The molecule has 2 saturated heterocycles. The predicted octanol–water partition coefficient (Wildman–Crippen LogP) is -0.0346. The third-order valence-electron chi connectivity index (χ3n) is 5.77. The third-order valence-corrected chi connectivity index (χ3v) is 5.77. The highest BCUT2D eigenvalue weighted by molar-refractivity contribution is 5.93. The second-order valence-electron chi connectivity index (χ2n) is 8.38. The summed E-state index contributed by atoms with van der Waals surface area (Å²) >= 11 is 0. The molecule has 0 saturated carbocycles. The lowest BCUT2D eigenvalue weighted by atomic mass is 10.1. The van der Waals surface area contributed by atoms with Crippen molar-refractivity contribution in [2.24, 2.45) is 0 Å². The Labute approximate surface area is 202 Å². The van der Waals surface area contributed by atoms with E-state index in [2.05, 4.69) is 10.7 Å². The van der Waals surface area contributed by atoms with Gasteiger partial charge in [-0.2, -0.15) is 0 Å². The van der Waals surface area contributed by atoms with Crippen molar-refractivity contribution in [3.8, 4) is 5.75 Å². The second-order valence-corrected chi connectivity index (χ2v) is 8.38. The van der Waals surface area contributed by atoms with Gasteiger partial charge >= 0.3 is 6.03 Å². The van der Waals surface area contributed by atoms with E-state index in [9.17, 15) is 28.8 Å². The van der Waals surface area contributed by atoms with Gasteiger partial charge in [0.1, 0.15) is 23.9 Å². The molecule has 0 spiro atoms. The number of urea groups is 1. The van der Waals surface area contributed by atoms with Gasteiger partial charge in [-0.3, -0.25) is 24.6 Å². The number of aldehydes is 1. The number of ketones is 1. The molecule has 12 heteroatoms. The number of benzene rings is 1. The summed E-state index contributed by atoms with van der Waals surface area (Å²) in [6, 6.07) is 4.11. The number of para-hydroxylation sites is 1. The number of hydrogen-bond acceptors (Lipinski definition) is 7. The standard InChI is InChI=1S/C23H29N5O7/c1-15(30)12-17(14-29)24-22(33)18-7-5-10-27-21(32)9-11-26(23(34)28(18)27)25-20(31)13-16-6-3-4-8-19(16)35-2/h3-4,6,8,14,17-18H,5,7,9-13H2,1-2H3,(H,24,33)(H,25,31)/t17-,18-/m0/s1. The lowest BCUT2D eigenvalue weighted by molar-refractivity contribution is -0.155. The van der Waals surface area contributed by atoms with Gasteiger partial charge in [-0.25, -0.2) is 19.8 Å². The Bertz CT molecular complexity index is 1010. The van der Waals surface area contributed by atoms with Gasteiger partial charge in [0.25, 0.3) is 0 Å². The number of carbonyl (C=O) groups excluding carboxylic acids is 6. The maximum atomic E-state index is 13.4. The van der Waals surface area contributed by atoms with E-state index >= 15 is 0 Å². The Balaban J connectivity index is 1.77. The molecule has 0 bridgehead atoms. The van der Waals surface area contributed by atoms with Crippen LogP contribution in [0.4, 0.5) is 4.79 Å². The lowest BCUT2D eigenvalue weighted by Crippen LogP contribution is -2.64. The van der Waals surface area contributed by atoms with E-state index in [0.717, 1.165) is 10.0 Å². The Morgan fingerprint density at radius 1 is 1.20 bits per heavy atom. The molecule has 188 valence electrons. The van der Waals surface area contributed by atoms with Crippen molar-refractivity contribution in [1.82, 2.24) is 25.8 Å². The van der Waals surface area contributed by atoms with Crippen molar-refractivity contribution in [3.05, 3.63) is 29.8 Å². The number of nitrogens with zero attached hydrogens (tertiary/aromatic N) is 3. The van der Waals surface area contributed by atoms with Crippen molar-refractivity contribution in [2.75, 3.05) is 20.2 Å². The van der Waals surface area contributed by atoms with E-state index in [0.29, 0.717) is 24.0 Å². The van der Waals surface area contributed by atoms with Crippen LogP contribution in [0.15, 0.2) is 24.3 Å². The van der Waals surface area contributed by atoms with Crippen LogP contribution in [-0.2, 0) is 30.4 Å². The molecule has 1 aromatic carbocycles. The highest BCUT2D eigenvalue weighted by Gasteiger charge is 2.44. The molecule has 2 aliphatic rings. The second kappa shape index (κ2) is 11.4. The molecule has 3 rings (SSSR count). The van der Waals surface area contributed by atoms with Crippen LogP contribution in [0, 0.1) is 0 Å². The minimum atomic E-state index is -1.08. The molecule has 2 heterocycles. The SMILES string of the molecule is COc1ccccc1CC(=O)NN1CCC(=O)N2CCC[C@@H](C(=O)N[C@H](C=O)CC(C)=O)N2C1=O. The number of carbonyl (C=O) groups is 6. The van der Waals surface area contributed by atoms with Crippen LogP contribution in [0.3, 0.4) is 0 Å². The van der Waals surface area contributed by atoms with E-state index in [1.165, 1.54) is 19.0 Å².